The van der Waals surface area contributed by atoms with Crippen LogP contribution in [0.2, 0.25) is 0 Å². The number of rotatable bonds is 3. The summed E-state index contributed by atoms with van der Waals surface area (Å²) in [5, 5.41) is 0. The van der Waals surface area contributed by atoms with Crippen LogP contribution in [0.25, 0.3) is 0 Å². The molecular formula is C24H24BrNO2S. The molecule has 4 rings (SSSR count). The van der Waals surface area contributed by atoms with Crippen LogP contribution in [0.1, 0.15) is 38.3 Å². The molecule has 0 radical (unpaired) electrons. The summed E-state index contributed by atoms with van der Waals surface area (Å²) in [5.41, 5.74) is 2.09. The van der Waals surface area contributed by atoms with E-state index in [0.717, 1.165) is 15.7 Å². The average molecular weight is 470 g/mol. The Labute approximate surface area is 181 Å². The summed E-state index contributed by atoms with van der Waals surface area (Å²) in [5.74, 6) is 0. The van der Waals surface area contributed by atoms with Gasteiger partial charge >= 0.3 is 0 Å². The fourth-order valence-corrected chi connectivity index (χ4v) is 6.79. The Bertz CT molecular complexity index is 1140. The second kappa shape index (κ2) is 6.99. The first-order chi connectivity index (χ1) is 13.7. The number of hydrogen-bond acceptors (Lipinski definition) is 2. The number of halogens is 1. The molecule has 5 heteroatoms. The highest BCUT2D eigenvalue weighted by atomic mass is 79.9. The van der Waals surface area contributed by atoms with Crippen LogP contribution in [0.3, 0.4) is 0 Å². The lowest BCUT2D eigenvalue weighted by molar-refractivity contribution is 0.351. The fraction of sp³-hybridized carbons (Fsp3) is 0.250. The smallest absolute Gasteiger partial charge is 0.260 e. The SMILES string of the molecule is CC1(C)C[C@@](C)(c2ccccc2)c2ccccc2N1S(=O)(=O)c1ccc(Br)cc1. The van der Waals surface area contributed by atoms with Gasteiger partial charge in [-0.1, -0.05) is 71.4 Å². The first-order valence-electron chi connectivity index (χ1n) is 9.62. The van der Waals surface area contributed by atoms with E-state index in [1.165, 1.54) is 5.56 Å². The Morgan fingerprint density at radius 1 is 0.828 bits per heavy atom. The van der Waals surface area contributed by atoms with Gasteiger partial charge < -0.3 is 0 Å². The maximum absolute atomic E-state index is 13.7. The molecule has 1 aliphatic rings. The molecule has 0 saturated heterocycles. The largest absolute Gasteiger partial charge is 0.264 e. The monoisotopic (exact) mass is 469 g/mol. The van der Waals surface area contributed by atoms with E-state index < -0.39 is 15.6 Å². The first kappa shape index (κ1) is 20.2. The maximum Gasteiger partial charge on any atom is 0.264 e. The van der Waals surface area contributed by atoms with Crippen molar-refractivity contribution in [2.75, 3.05) is 4.31 Å². The molecule has 29 heavy (non-hydrogen) atoms. The minimum absolute atomic E-state index is 0.285. The third kappa shape index (κ3) is 3.30. The quantitative estimate of drug-likeness (QED) is 0.462. The van der Waals surface area contributed by atoms with Gasteiger partial charge in [0.25, 0.3) is 10.0 Å². The highest BCUT2D eigenvalue weighted by molar-refractivity contribution is 9.10. The van der Waals surface area contributed by atoms with Gasteiger partial charge in [0, 0.05) is 9.89 Å². The molecule has 3 aromatic rings. The predicted octanol–water partition coefficient (Wildman–Crippen LogP) is 6.13. The van der Waals surface area contributed by atoms with Crippen molar-refractivity contribution in [1.82, 2.24) is 0 Å². The Morgan fingerprint density at radius 2 is 1.41 bits per heavy atom. The van der Waals surface area contributed by atoms with Gasteiger partial charge in [-0.05, 0) is 61.7 Å². The topological polar surface area (TPSA) is 37.4 Å². The fourth-order valence-electron chi connectivity index (χ4n) is 4.71. The second-order valence-electron chi connectivity index (χ2n) is 8.43. The Morgan fingerprint density at radius 3 is 2.07 bits per heavy atom. The Balaban J connectivity index is 1.94. The molecule has 0 aliphatic carbocycles. The average Bonchev–Trinajstić information content (AvgIpc) is 2.68. The van der Waals surface area contributed by atoms with Gasteiger partial charge in [0.2, 0.25) is 0 Å². The third-order valence-electron chi connectivity index (χ3n) is 5.82. The minimum Gasteiger partial charge on any atom is -0.260 e. The summed E-state index contributed by atoms with van der Waals surface area (Å²) in [6.07, 6.45) is 0.677. The van der Waals surface area contributed by atoms with Crippen LogP contribution >= 0.6 is 15.9 Å². The number of para-hydroxylation sites is 1. The minimum atomic E-state index is -3.72. The third-order valence-corrected chi connectivity index (χ3v) is 8.38. The number of sulfonamides is 1. The second-order valence-corrected chi connectivity index (χ2v) is 11.1. The molecule has 0 saturated carbocycles. The van der Waals surface area contributed by atoms with E-state index in [4.69, 9.17) is 0 Å². The lowest BCUT2D eigenvalue weighted by atomic mass is 9.66. The van der Waals surface area contributed by atoms with E-state index >= 15 is 0 Å². The summed E-state index contributed by atoms with van der Waals surface area (Å²) in [6.45, 7) is 6.24. The molecule has 3 aromatic carbocycles. The van der Waals surface area contributed by atoms with Crippen LogP contribution in [0, 0.1) is 0 Å². The highest BCUT2D eigenvalue weighted by Gasteiger charge is 2.49. The first-order valence-corrected chi connectivity index (χ1v) is 11.9. The molecule has 150 valence electrons. The number of benzene rings is 3. The van der Waals surface area contributed by atoms with Crippen LogP contribution < -0.4 is 4.31 Å². The van der Waals surface area contributed by atoms with Gasteiger partial charge in [0.1, 0.15) is 0 Å². The Kier molecular flexibility index (Phi) is 4.87. The van der Waals surface area contributed by atoms with Gasteiger partial charge in [-0.2, -0.15) is 0 Å². The number of hydrogen-bond donors (Lipinski definition) is 0. The van der Waals surface area contributed by atoms with E-state index in [9.17, 15) is 8.42 Å². The lowest BCUT2D eigenvalue weighted by Crippen LogP contribution is -2.55. The highest BCUT2D eigenvalue weighted by Crippen LogP contribution is 2.51. The van der Waals surface area contributed by atoms with E-state index in [2.05, 4.69) is 41.1 Å². The van der Waals surface area contributed by atoms with Crippen molar-refractivity contribution < 1.29 is 8.42 Å². The predicted molar refractivity (Wildman–Crippen MR) is 122 cm³/mol. The molecule has 0 unspecified atom stereocenters. The molecule has 1 aliphatic heterocycles. The van der Waals surface area contributed by atoms with Crippen LogP contribution in [-0.2, 0) is 15.4 Å². The summed E-state index contributed by atoms with van der Waals surface area (Å²) < 4.78 is 29.9. The zero-order valence-corrected chi connectivity index (χ0v) is 19.2. The molecule has 3 nitrogen and oxygen atoms in total. The Hall–Kier alpha value is -2.11. The van der Waals surface area contributed by atoms with Crippen LogP contribution in [-0.4, -0.2) is 14.0 Å². The molecule has 1 heterocycles. The van der Waals surface area contributed by atoms with Crippen LogP contribution in [0.5, 0.6) is 0 Å². The molecular weight excluding hydrogens is 446 g/mol. The van der Waals surface area contributed by atoms with Crippen molar-refractivity contribution in [2.45, 2.75) is 43.0 Å². The molecule has 0 bridgehead atoms. The zero-order valence-electron chi connectivity index (χ0n) is 16.8. The van der Waals surface area contributed by atoms with Crippen molar-refractivity contribution >= 4 is 31.6 Å². The number of nitrogens with zero attached hydrogens (tertiary/aromatic N) is 1. The van der Waals surface area contributed by atoms with Gasteiger partial charge in [-0.15, -0.1) is 0 Å². The molecule has 0 aromatic heterocycles. The molecule has 0 fully saturated rings. The van der Waals surface area contributed by atoms with Gasteiger partial charge in [0.15, 0.2) is 0 Å². The summed E-state index contributed by atoms with van der Waals surface area (Å²) in [6, 6.07) is 25.1. The van der Waals surface area contributed by atoms with Crippen molar-refractivity contribution in [3.05, 3.63) is 94.5 Å². The standard InChI is InChI=1S/C24H24BrNO2S/c1-23(2)17-24(3,18-9-5-4-6-10-18)21-11-7-8-12-22(21)26(23)29(27,28)20-15-13-19(25)14-16-20/h4-16H,17H2,1-3H3/t24-/m0/s1. The summed E-state index contributed by atoms with van der Waals surface area (Å²) >= 11 is 3.39. The molecule has 0 N–H and O–H groups in total. The van der Waals surface area contributed by atoms with Gasteiger partial charge in [-0.25, -0.2) is 8.42 Å². The van der Waals surface area contributed by atoms with E-state index in [-0.39, 0.29) is 5.41 Å². The van der Waals surface area contributed by atoms with Crippen LogP contribution in [0.15, 0.2) is 88.2 Å². The van der Waals surface area contributed by atoms with Gasteiger partial charge in [0.05, 0.1) is 16.1 Å². The van der Waals surface area contributed by atoms with Crippen molar-refractivity contribution in [3.63, 3.8) is 0 Å². The number of fused-ring (bicyclic) bond motifs is 1. The van der Waals surface area contributed by atoms with E-state index in [1.807, 2.05) is 50.2 Å². The maximum atomic E-state index is 13.7. The van der Waals surface area contributed by atoms with E-state index in [0.29, 0.717) is 11.3 Å². The summed E-state index contributed by atoms with van der Waals surface area (Å²) in [7, 11) is -3.72. The zero-order chi connectivity index (χ0) is 20.9. The molecule has 0 amide bonds. The molecule has 1 atom stereocenters. The number of anilines is 1. The lowest BCUT2D eigenvalue weighted by Gasteiger charge is -2.51. The van der Waals surface area contributed by atoms with Crippen molar-refractivity contribution in [1.29, 1.82) is 0 Å². The van der Waals surface area contributed by atoms with Gasteiger partial charge in [-0.3, -0.25) is 4.31 Å². The van der Waals surface area contributed by atoms with E-state index in [1.54, 1.807) is 28.6 Å². The molecule has 0 spiro atoms. The summed E-state index contributed by atoms with van der Waals surface area (Å²) in [4.78, 5) is 0.298. The normalized spacial score (nSPS) is 20.9. The van der Waals surface area contributed by atoms with Crippen LogP contribution in [0.4, 0.5) is 5.69 Å². The van der Waals surface area contributed by atoms with Crippen molar-refractivity contribution in [2.24, 2.45) is 0 Å². The van der Waals surface area contributed by atoms with Crippen molar-refractivity contribution in [3.8, 4) is 0 Å².